The maximum absolute atomic E-state index is 12.1. The molecule has 2 aromatic rings. The summed E-state index contributed by atoms with van der Waals surface area (Å²) in [6.45, 7) is -0.656. The Morgan fingerprint density at radius 3 is 1.90 bits per heavy atom. The normalized spacial score (nSPS) is 12.3. The molecule has 21 heavy (non-hydrogen) atoms. The second-order valence-corrected chi connectivity index (χ2v) is 5.83. The first kappa shape index (κ1) is 15.5. The lowest BCUT2D eigenvalue weighted by Crippen LogP contribution is -2.25. The molecule has 3 nitrogen and oxygen atoms in total. The van der Waals surface area contributed by atoms with Crippen molar-refractivity contribution in [1.29, 1.82) is 0 Å². The zero-order chi connectivity index (χ0) is 15.5. The van der Waals surface area contributed by atoms with E-state index < -0.39 is 22.2 Å². The highest BCUT2D eigenvalue weighted by atomic mass is 32.2. The van der Waals surface area contributed by atoms with Gasteiger partial charge in [-0.25, -0.2) is 0 Å². The molecule has 0 bridgehead atoms. The lowest BCUT2D eigenvalue weighted by Gasteiger charge is -2.08. The molecule has 0 fully saturated rings. The number of hydrogen-bond acceptors (Lipinski definition) is 3. The van der Waals surface area contributed by atoms with Crippen molar-refractivity contribution in [3.8, 4) is 11.1 Å². The van der Waals surface area contributed by atoms with E-state index in [2.05, 4.69) is 4.18 Å². The van der Waals surface area contributed by atoms with Gasteiger partial charge in [-0.2, -0.15) is 21.6 Å². The fourth-order valence-electron chi connectivity index (χ4n) is 1.64. The molecule has 112 valence electrons. The molecule has 0 N–H and O–H groups in total. The third-order valence-electron chi connectivity index (χ3n) is 2.73. The Bertz CT molecular complexity index is 692. The van der Waals surface area contributed by atoms with Gasteiger partial charge in [-0.1, -0.05) is 54.6 Å². The van der Waals surface area contributed by atoms with Gasteiger partial charge in [0.1, 0.15) is 0 Å². The van der Waals surface area contributed by atoms with E-state index in [1.807, 2.05) is 30.3 Å². The van der Waals surface area contributed by atoms with Gasteiger partial charge in [0, 0.05) is 0 Å². The molecule has 0 spiro atoms. The van der Waals surface area contributed by atoms with Gasteiger partial charge >= 0.3 is 15.6 Å². The van der Waals surface area contributed by atoms with Crippen molar-refractivity contribution in [1.82, 2.24) is 0 Å². The molecular formula is C14H11F3O3S. The summed E-state index contributed by atoms with van der Waals surface area (Å²) in [5, 5.41) is 0. The minimum absolute atomic E-state index is 0.336. The topological polar surface area (TPSA) is 43.4 Å². The highest BCUT2D eigenvalue weighted by molar-refractivity contribution is 7.87. The second-order valence-electron chi connectivity index (χ2n) is 4.23. The lowest BCUT2D eigenvalue weighted by atomic mass is 10.0. The van der Waals surface area contributed by atoms with Crippen LogP contribution in [0.5, 0.6) is 0 Å². The van der Waals surface area contributed by atoms with E-state index in [1.54, 1.807) is 12.1 Å². The Morgan fingerprint density at radius 2 is 1.38 bits per heavy atom. The number of benzene rings is 2. The predicted octanol–water partition coefficient (Wildman–Crippen LogP) is 3.72. The van der Waals surface area contributed by atoms with Gasteiger partial charge in [0.15, 0.2) is 0 Å². The van der Waals surface area contributed by atoms with Gasteiger partial charge in [-0.15, -0.1) is 0 Å². The molecule has 0 aliphatic heterocycles. The molecule has 0 aliphatic carbocycles. The van der Waals surface area contributed by atoms with Gasteiger partial charge in [0.05, 0.1) is 6.61 Å². The first-order valence-corrected chi connectivity index (χ1v) is 7.30. The minimum atomic E-state index is -5.56. The molecule has 0 aliphatic rings. The molecule has 0 radical (unpaired) electrons. The number of alkyl halides is 3. The summed E-state index contributed by atoms with van der Waals surface area (Å²) in [6, 6.07) is 15.8. The molecule has 2 aromatic carbocycles. The van der Waals surface area contributed by atoms with Gasteiger partial charge < -0.3 is 0 Å². The van der Waals surface area contributed by atoms with Crippen LogP contribution in [-0.2, 0) is 20.9 Å². The van der Waals surface area contributed by atoms with Gasteiger partial charge in [0.2, 0.25) is 0 Å². The van der Waals surface area contributed by atoms with Crippen LogP contribution >= 0.6 is 0 Å². The van der Waals surface area contributed by atoms with Crippen LogP contribution in [-0.4, -0.2) is 13.9 Å². The van der Waals surface area contributed by atoms with Crippen LogP contribution in [0, 0.1) is 0 Å². The number of hydrogen-bond donors (Lipinski definition) is 0. The summed E-state index contributed by atoms with van der Waals surface area (Å²) in [6.07, 6.45) is 0. The molecule has 0 aromatic heterocycles. The minimum Gasteiger partial charge on any atom is -0.258 e. The van der Waals surface area contributed by atoms with Gasteiger partial charge in [-0.05, 0) is 16.7 Å². The standard InChI is InChI=1S/C14H11F3O3S/c15-14(16,17)21(18,19)20-10-11-6-8-13(9-7-11)12-4-2-1-3-5-12/h1-9H,10H2. The zero-order valence-corrected chi connectivity index (χ0v) is 11.5. The van der Waals surface area contributed by atoms with Crippen LogP contribution in [0.1, 0.15) is 5.56 Å². The summed E-state index contributed by atoms with van der Waals surface area (Å²) in [4.78, 5) is 0. The highest BCUT2D eigenvalue weighted by Crippen LogP contribution is 2.26. The molecule has 2 rings (SSSR count). The van der Waals surface area contributed by atoms with E-state index in [4.69, 9.17) is 0 Å². The van der Waals surface area contributed by atoms with Crippen LogP contribution in [0.25, 0.3) is 11.1 Å². The first-order chi connectivity index (χ1) is 9.79. The zero-order valence-electron chi connectivity index (χ0n) is 10.7. The van der Waals surface area contributed by atoms with Crippen LogP contribution in [0.15, 0.2) is 54.6 Å². The summed E-state index contributed by atoms with van der Waals surface area (Å²) < 4.78 is 61.8. The van der Waals surface area contributed by atoms with Crippen molar-refractivity contribution >= 4 is 10.1 Å². The first-order valence-electron chi connectivity index (χ1n) is 5.90. The highest BCUT2D eigenvalue weighted by Gasteiger charge is 2.47. The van der Waals surface area contributed by atoms with Crippen molar-refractivity contribution in [3.63, 3.8) is 0 Å². The third kappa shape index (κ3) is 3.83. The van der Waals surface area contributed by atoms with E-state index in [1.165, 1.54) is 12.1 Å². The van der Waals surface area contributed by atoms with Crippen molar-refractivity contribution < 1.29 is 25.8 Å². The Morgan fingerprint density at radius 1 is 0.857 bits per heavy atom. The SMILES string of the molecule is O=S(=O)(OCc1ccc(-c2ccccc2)cc1)C(F)(F)F. The smallest absolute Gasteiger partial charge is 0.258 e. The molecule has 0 heterocycles. The van der Waals surface area contributed by atoms with Gasteiger partial charge in [0.25, 0.3) is 0 Å². The molecular weight excluding hydrogens is 305 g/mol. The van der Waals surface area contributed by atoms with Crippen molar-refractivity contribution in [2.45, 2.75) is 12.1 Å². The van der Waals surface area contributed by atoms with E-state index in [0.29, 0.717) is 5.56 Å². The van der Waals surface area contributed by atoms with Crippen LogP contribution < -0.4 is 0 Å². The molecule has 0 atom stereocenters. The summed E-state index contributed by atoms with van der Waals surface area (Å²) >= 11 is 0. The molecule has 0 amide bonds. The Kier molecular flexibility index (Phi) is 4.34. The molecule has 0 saturated heterocycles. The Hall–Kier alpha value is -1.86. The average Bonchev–Trinajstić information content (AvgIpc) is 2.45. The second kappa shape index (κ2) is 5.87. The molecule has 0 unspecified atom stereocenters. The summed E-state index contributed by atoms with van der Waals surface area (Å²) in [7, 11) is -5.56. The largest absolute Gasteiger partial charge is 0.523 e. The quantitative estimate of drug-likeness (QED) is 0.638. The Balaban J connectivity index is 2.08. The van der Waals surface area contributed by atoms with Crippen molar-refractivity contribution in [2.24, 2.45) is 0 Å². The molecule has 7 heteroatoms. The van der Waals surface area contributed by atoms with Crippen molar-refractivity contribution in [3.05, 3.63) is 60.2 Å². The van der Waals surface area contributed by atoms with Crippen LogP contribution in [0.4, 0.5) is 13.2 Å². The fraction of sp³-hybridized carbons (Fsp3) is 0.143. The average molecular weight is 316 g/mol. The predicted molar refractivity (Wildman–Crippen MR) is 71.6 cm³/mol. The van der Waals surface area contributed by atoms with Crippen LogP contribution in [0.3, 0.4) is 0 Å². The maximum Gasteiger partial charge on any atom is 0.523 e. The van der Waals surface area contributed by atoms with Crippen molar-refractivity contribution in [2.75, 3.05) is 0 Å². The number of rotatable bonds is 4. The van der Waals surface area contributed by atoms with E-state index in [9.17, 15) is 21.6 Å². The maximum atomic E-state index is 12.1. The third-order valence-corrected chi connectivity index (χ3v) is 3.72. The lowest BCUT2D eigenvalue weighted by molar-refractivity contribution is -0.0547. The van der Waals surface area contributed by atoms with Crippen LogP contribution in [0.2, 0.25) is 0 Å². The Labute approximate surface area is 120 Å². The van der Waals surface area contributed by atoms with E-state index in [-0.39, 0.29) is 0 Å². The van der Waals surface area contributed by atoms with E-state index in [0.717, 1.165) is 11.1 Å². The number of halogens is 3. The van der Waals surface area contributed by atoms with Gasteiger partial charge in [-0.3, -0.25) is 4.18 Å². The monoisotopic (exact) mass is 316 g/mol. The summed E-state index contributed by atoms with van der Waals surface area (Å²) in [5.41, 5.74) is -3.25. The fourth-order valence-corrected chi connectivity index (χ4v) is 2.06. The van der Waals surface area contributed by atoms with E-state index >= 15 is 0 Å². The summed E-state index contributed by atoms with van der Waals surface area (Å²) in [5.74, 6) is 0. The molecule has 0 saturated carbocycles.